The lowest BCUT2D eigenvalue weighted by Crippen LogP contribution is -1.90. The van der Waals surface area contributed by atoms with Crippen molar-refractivity contribution in [3.63, 3.8) is 0 Å². The van der Waals surface area contributed by atoms with Gasteiger partial charge in [-0.15, -0.1) is 11.3 Å². The second-order valence-electron chi connectivity index (χ2n) is 7.47. The van der Waals surface area contributed by atoms with Gasteiger partial charge in [0.2, 0.25) is 0 Å². The van der Waals surface area contributed by atoms with Gasteiger partial charge in [0.05, 0.1) is 0 Å². The summed E-state index contributed by atoms with van der Waals surface area (Å²) < 4.78 is 3.02. The van der Waals surface area contributed by atoms with Gasteiger partial charge in [-0.1, -0.05) is 63.8 Å². The molecule has 3 aromatic rings. The molecule has 0 aliphatic heterocycles. The molecule has 0 aliphatic carbocycles. The summed E-state index contributed by atoms with van der Waals surface area (Å²) in [7, 11) is 0. The van der Waals surface area contributed by atoms with E-state index in [9.17, 15) is 0 Å². The van der Waals surface area contributed by atoms with Crippen LogP contribution in [-0.2, 0) is 12.8 Å². The first-order valence-electron chi connectivity index (χ1n) is 10.1. The highest BCUT2D eigenvalue weighted by Gasteiger charge is 2.13. The number of hydrogen-bond donors (Lipinski definition) is 0. The lowest BCUT2D eigenvalue weighted by molar-refractivity contribution is 0.716. The van der Waals surface area contributed by atoms with E-state index in [2.05, 4.69) is 52.0 Å². The highest BCUT2D eigenvalue weighted by atomic mass is 32.1. The van der Waals surface area contributed by atoms with Crippen LogP contribution in [0.2, 0.25) is 0 Å². The quantitative estimate of drug-likeness (QED) is 0.359. The fourth-order valence-corrected chi connectivity index (χ4v) is 5.28. The minimum Gasteiger partial charge on any atom is -0.135 e. The molecular weight excluding hydrogens is 320 g/mol. The standard InChI is InChI=1S/C24H32S/c1-5-7-9-11-19-13-15-21-22-16-14-20(12-10-8-6-2)18(4)24(22)25-23(21)17(19)3/h13-16H,5-12H2,1-4H3. The third-order valence-corrected chi connectivity index (χ3v) is 7.09. The van der Waals surface area contributed by atoms with E-state index in [0.29, 0.717) is 0 Å². The minimum atomic E-state index is 1.23. The molecule has 0 aliphatic rings. The van der Waals surface area contributed by atoms with Crippen molar-refractivity contribution >= 4 is 31.5 Å². The topological polar surface area (TPSA) is 0 Å². The van der Waals surface area contributed by atoms with E-state index in [1.54, 1.807) is 11.1 Å². The zero-order valence-corrected chi connectivity index (χ0v) is 17.2. The molecule has 0 fully saturated rings. The Hall–Kier alpha value is -1.34. The Kier molecular flexibility index (Phi) is 6.17. The van der Waals surface area contributed by atoms with Crippen molar-refractivity contribution in [2.75, 3.05) is 0 Å². The molecule has 1 aromatic heterocycles. The molecule has 0 atom stereocenters. The summed E-state index contributed by atoms with van der Waals surface area (Å²) >= 11 is 2.02. The molecule has 134 valence electrons. The molecule has 0 N–H and O–H groups in total. The first kappa shape index (κ1) is 18.5. The van der Waals surface area contributed by atoms with Crippen molar-refractivity contribution in [1.29, 1.82) is 0 Å². The van der Waals surface area contributed by atoms with Crippen LogP contribution in [0.1, 0.15) is 74.6 Å². The monoisotopic (exact) mass is 352 g/mol. The van der Waals surface area contributed by atoms with E-state index in [1.165, 1.54) is 82.7 Å². The second kappa shape index (κ2) is 8.36. The first-order chi connectivity index (χ1) is 12.2. The Labute approximate surface area is 157 Å². The molecule has 25 heavy (non-hydrogen) atoms. The van der Waals surface area contributed by atoms with Crippen molar-refractivity contribution in [3.8, 4) is 0 Å². The predicted octanol–water partition coefficient (Wildman–Crippen LogP) is 8.14. The Balaban J connectivity index is 1.99. The van der Waals surface area contributed by atoms with Crippen molar-refractivity contribution in [3.05, 3.63) is 46.5 Å². The Morgan fingerprint density at radius 2 is 1.08 bits per heavy atom. The fraction of sp³-hybridized carbons (Fsp3) is 0.500. The van der Waals surface area contributed by atoms with Gasteiger partial charge in [-0.05, 0) is 61.8 Å². The van der Waals surface area contributed by atoms with Gasteiger partial charge in [-0.25, -0.2) is 0 Å². The maximum absolute atomic E-state index is 2.38. The van der Waals surface area contributed by atoms with Gasteiger partial charge < -0.3 is 0 Å². The molecule has 3 rings (SSSR count). The van der Waals surface area contributed by atoms with Crippen LogP contribution >= 0.6 is 11.3 Å². The van der Waals surface area contributed by atoms with Gasteiger partial charge >= 0.3 is 0 Å². The third-order valence-electron chi connectivity index (χ3n) is 5.63. The smallest absolute Gasteiger partial charge is 0.0387 e. The van der Waals surface area contributed by atoms with E-state index in [1.807, 2.05) is 11.3 Å². The minimum absolute atomic E-state index is 1.23. The molecular formula is C24H32S. The van der Waals surface area contributed by atoms with Gasteiger partial charge in [-0.2, -0.15) is 0 Å². The maximum Gasteiger partial charge on any atom is 0.0387 e. The highest BCUT2D eigenvalue weighted by molar-refractivity contribution is 7.26. The number of hydrogen-bond acceptors (Lipinski definition) is 1. The molecule has 0 radical (unpaired) electrons. The van der Waals surface area contributed by atoms with E-state index in [0.717, 1.165) is 0 Å². The molecule has 1 heteroatoms. The predicted molar refractivity (Wildman–Crippen MR) is 115 cm³/mol. The molecule has 2 aromatic carbocycles. The first-order valence-corrected chi connectivity index (χ1v) is 10.9. The molecule has 0 saturated carbocycles. The number of benzene rings is 2. The van der Waals surface area contributed by atoms with E-state index >= 15 is 0 Å². The van der Waals surface area contributed by atoms with Gasteiger partial charge in [0.15, 0.2) is 0 Å². The molecule has 0 spiro atoms. The lowest BCUT2D eigenvalue weighted by Gasteiger charge is -2.07. The van der Waals surface area contributed by atoms with Crippen LogP contribution in [0.4, 0.5) is 0 Å². The third kappa shape index (κ3) is 3.77. The molecule has 0 nitrogen and oxygen atoms in total. The normalized spacial score (nSPS) is 11.7. The van der Waals surface area contributed by atoms with E-state index < -0.39 is 0 Å². The summed E-state index contributed by atoms with van der Waals surface area (Å²) in [5.74, 6) is 0. The number of rotatable bonds is 8. The highest BCUT2D eigenvalue weighted by Crippen LogP contribution is 2.39. The number of aryl methyl sites for hydroxylation is 4. The average Bonchev–Trinajstić information content (AvgIpc) is 3.00. The van der Waals surface area contributed by atoms with Gasteiger partial charge in [0.1, 0.15) is 0 Å². The fourth-order valence-electron chi connectivity index (χ4n) is 3.93. The zero-order valence-electron chi connectivity index (χ0n) is 16.4. The summed E-state index contributed by atoms with van der Waals surface area (Å²) in [5.41, 5.74) is 6.13. The second-order valence-corrected chi connectivity index (χ2v) is 8.49. The van der Waals surface area contributed by atoms with Crippen molar-refractivity contribution in [2.45, 2.75) is 79.1 Å². The molecule has 0 bridgehead atoms. The van der Waals surface area contributed by atoms with E-state index in [-0.39, 0.29) is 0 Å². The Bertz CT molecular complexity index is 783. The summed E-state index contributed by atoms with van der Waals surface area (Å²) in [5, 5.41) is 2.92. The molecule has 0 amide bonds. The summed E-state index contributed by atoms with van der Waals surface area (Å²) in [4.78, 5) is 0. The van der Waals surface area contributed by atoms with Crippen LogP contribution in [0.5, 0.6) is 0 Å². The largest absolute Gasteiger partial charge is 0.135 e. The summed E-state index contributed by atoms with van der Waals surface area (Å²) in [6.07, 6.45) is 10.3. The number of unbranched alkanes of at least 4 members (excludes halogenated alkanes) is 4. The average molecular weight is 353 g/mol. The molecule has 0 saturated heterocycles. The van der Waals surface area contributed by atoms with Gasteiger partial charge in [0, 0.05) is 20.2 Å². The number of thiophene rings is 1. The van der Waals surface area contributed by atoms with Crippen molar-refractivity contribution < 1.29 is 0 Å². The van der Waals surface area contributed by atoms with Crippen LogP contribution in [0.3, 0.4) is 0 Å². The van der Waals surface area contributed by atoms with Crippen molar-refractivity contribution in [1.82, 2.24) is 0 Å². The van der Waals surface area contributed by atoms with Crippen LogP contribution < -0.4 is 0 Å². The van der Waals surface area contributed by atoms with E-state index in [4.69, 9.17) is 0 Å². The SMILES string of the molecule is CCCCCc1ccc2c(sc3c(C)c(CCCCC)ccc32)c1C. The lowest BCUT2D eigenvalue weighted by atomic mass is 9.97. The molecule has 1 heterocycles. The van der Waals surface area contributed by atoms with Crippen LogP contribution in [0.15, 0.2) is 24.3 Å². The maximum atomic E-state index is 2.38. The van der Waals surface area contributed by atoms with Gasteiger partial charge in [-0.3, -0.25) is 0 Å². The Morgan fingerprint density at radius 3 is 1.48 bits per heavy atom. The summed E-state index contributed by atoms with van der Waals surface area (Å²) in [6.45, 7) is 9.22. The Morgan fingerprint density at radius 1 is 0.640 bits per heavy atom. The van der Waals surface area contributed by atoms with Crippen LogP contribution in [-0.4, -0.2) is 0 Å². The van der Waals surface area contributed by atoms with Crippen LogP contribution in [0.25, 0.3) is 20.2 Å². The molecule has 0 unspecified atom stereocenters. The van der Waals surface area contributed by atoms with Gasteiger partial charge in [0.25, 0.3) is 0 Å². The van der Waals surface area contributed by atoms with Crippen molar-refractivity contribution in [2.24, 2.45) is 0 Å². The zero-order chi connectivity index (χ0) is 17.8. The number of fused-ring (bicyclic) bond motifs is 3. The summed E-state index contributed by atoms with van der Waals surface area (Å²) in [6, 6.07) is 9.51. The van der Waals surface area contributed by atoms with Crippen LogP contribution in [0, 0.1) is 13.8 Å².